The van der Waals surface area contributed by atoms with Crippen LogP contribution in [0.15, 0.2) is 35.7 Å². The standard InChI is InChI=1S/C17H20F2N2O2S/c1-10(2)11-3-5-12(6-4-11)13(20)9-21-16(22)15-14(7-8-24-15)23-17(18)19/h3-8,10,13,17H,9,20H2,1-2H3,(H,21,22). The lowest BCUT2D eigenvalue weighted by molar-refractivity contribution is -0.0498. The van der Waals surface area contributed by atoms with Gasteiger partial charge < -0.3 is 15.8 Å². The van der Waals surface area contributed by atoms with Gasteiger partial charge in [-0.05, 0) is 28.5 Å². The van der Waals surface area contributed by atoms with Crippen molar-refractivity contribution in [2.75, 3.05) is 6.54 Å². The van der Waals surface area contributed by atoms with Gasteiger partial charge in [0.1, 0.15) is 10.6 Å². The zero-order chi connectivity index (χ0) is 17.7. The summed E-state index contributed by atoms with van der Waals surface area (Å²) in [6.45, 7) is 1.45. The van der Waals surface area contributed by atoms with Crippen LogP contribution in [0.4, 0.5) is 8.78 Å². The predicted octanol–water partition coefficient (Wildman–Crippen LogP) is 3.90. The third-order valence-electron chi connectivity index (χ3n) is 3.57. The number of benzene rings is 1. The van der Waals surface area contributed by atoms with Gasteiger partial charge in [-0.25, -0.2) is 0 Å². The van der Waals surface area contributed by atoms with Crippen LogP contribution in [0.1, 0.15) is 46.6 Å². The number of ether oxygens (including phenoxy) is 1. The molecule has 1 heterocycles. The van der Waals surface area contributed by atoms with Crippen LogP contribution in [0.25, 0.3) is 0 Å². The number of carbonyl (C=O) groups is 1. The Morgan fingerprint density at radius 3 is 2.42 bits per heavy atom. The molecule has 7 heteroatoms. The number of alkyl halides is 2. The third kappa shape index (κ3) is 4.75. The van der Waals surface area contributed by atoms with Crippen LogP contribution in [0, 0.1) is 0 Å². The van der Waals surface area contributed by atoms with Gasteiger partial charge in [-0.2, -0.15) is 8.78 Å². The molecule has 130 valence electrons. The molecular formula is C17H20F2N2O2S. The van der Waals surface area contributed by atoms with Crippen LogP contribution in [0.5, 0.6) is 5.75 Å². The molecule has 1 atom stereocenters. The van der Waals surface area contributed by atoms with E-state index >= 15 is 0 Å². The summed E-state index contributed by atoms with van der Waals surface area (Å²) in [6.07, 6.45) is 0. The van der Waals surface area contributed by atoms with Crippen molar-refractivity contribution < 1.29 is 18.3 Å². The number of carbonyl (C=O) groups excluding carboxylic acids is 1. The highest BCUT2D eigenvalue weighted by molar-refractivity contribution is 7.12. The van der Waals surface area contributed by atoms with Gasteiger partial charge in [0.25, 0.3) is 5.91 Å². The molecule has 0 fully saturated rings. The van der Waals surface area contributed by atoms with Crippen molar-refractivity contribution in [3.63, 3.8) is 0 Å². The molecule has 2 aromatic rings. The first-order valence-electron chi connectivity index (χ1n) is 7.54. The van der Waals surface area contributed by atoms with E-state index in [1.807, 2.05) is 24.3 Å². The lowest BCUT2D eigenvalue weighted by Gasteiger charge is -2.14. The minimum Gasteiger partial charge on any atom is -0.433 e. The maximum Gasteiger partial charge on any atom is 0.387 e. The molecule has 1 amide bonds. The first-order chi connectivity index (χ1) is 11.4. The molecule has 0 spiro atoms. The molecule has 0 aliphatic carbocycles. The van der Waals surface area contributed by atoms with Crippen LogP contribution in [-0.2, 0) is 0 Å². The van der Waals surface area contributed by atoms with E-state index in [0.717, 1.165) is 16.9 Å². The summed E-state index contributed by atoms with van der Waals surface area (Å²) in [5, 5.41) is 4.18. The van der Waals surface area contributed by atoms with Crippen molar-refractivity contribution in [2.45, 2.75) is 32.4 Å². The molecule has 0 radical (unpaired) electrons. The molecule has 0 saturated carbocycles. The summed E-state index contributed by atoms with van der Waals surface area (Å²) in [4.78, 5) is 12.2. The van der Waals surface area contributed by atoms with Gasteiger partial charge in [0.05, 0.1) is 0 Å². The maximum absolute atomic E-state index is 12.3. The summed E-state index contributed by atoms with van der Waals surface area (Å²) in [7, 11) is 0. The van der Waals surface area contributed by atoms with E-state index in [4.69, 9.17) is 5.73 Å². The molecule has 1 aromatic heterocycles. The summed E-state index contributed by atoms with van der Waals surface area (Å²) in [6, 6.07) is 8.85. The van der Waals surface area contributed by atoms with E-state index in [9.17, 15) is 13.6 Å². The van der Waals surface area contributed by atoms with Crippen LogP contribution < -0.4 is 15.8 Å². The molecule has 0 saturated heterocycles. The van der Waals surface area contributed by atoms with E-state index in [1.165, 1.54) is 17.0 Å². The molecular weight excluding hydrogens is 334 g/mol. The summed E-state index contributed by atoms with van der Waals surface area (Å²) in [5.41, 5.74) is 8.19. The van der Waals surface area contributed by atoms with Gasteiger partial charge >= 0.3 is 6.61 Å². The number of hydrogen-bond donors (Lipinski definition) is 2. The molecule has 24 heavy (non-hydrogen) atoms. The SMILES string of the molecule is CC(C)c1ccc(C(N)CNC(=O)c2sccc2OC(F)F)cc1. The Balaban J connectivity index is 1.95. The van der Waals surface area contributed by atoms with Gasteiger partial charge in [0, 0.05) is 12.6 Å². The highest BCUT2D eigenvalue weighted by Gasteiger charge is 2.18. The topological polar surface area (TPSA) is 64.3 Å². The van der Waals surface area contributed by atoms with E-state index in [0.29, 0.717) is 5.92 Å². The second-order valence-corrected chi connectivity index (χ2v) is 6.55. The number of hydrogen-bond acceptors (Lipinski definition) is 4. The monoisotopic (exact) mass is 354 g/mol. The molecule has 0 bridgehead atoms. The average molecular weight is 354 g/mol. The molecule has 0 aliphatic rings. The Morgan fingerprint density at radius 1 is 1.21 bits per heavy atom. The van der Waals surface area contributed by atoms with E-state index in [2.05, 4.69) is 23.9 Å². The average Bonchev–Trinajstić information content (AvgIpc) is 2.99. The Kier molecular flexibility index (Phi) is 6.28. The number of halogens is 2. The third-order valence-corrected chi connectivity index (χ3v) is 4.46. The molecule has 1 unspecified atom stereocenters. The Labute approximate surface area is 143 Å². The Bertz CT molecular complexity index is 671. The van der Waals surface area contributed by atoms with Crippen LogP contribution in [-0.4, -0.2) is 19.1 Å². The van der Waals surface area contributed by atoms with Crippen LogP contribution in [0.2, 0.25) is 0 Å². The van der Waals surface area contributed by atoms with Crippen molar-refractivity contribution in [1.82, 2.24) is 5.32 Å². The molecule has 4 nitrogen and oxygen atoms in total. The van der Waals surface area contributed by atoms with Gasteiger partial charge in [-0.15, -0.1) is 11.3 Å². The van der Waals surface area contributed by atoms with Gasteiger partial charge in [0.15, 0.2) is 0 Å². The number of amides is 1. The molecule has 1 aromatic carbocycles. The minimum absolute atomic E-state index is 0.109. The number of nitrogens with one attached hydrogen (secondary N) is 1. The van der Waals surface area contributed by atoms with Crippen molar-refractivity contribution in [2.24, 2.45) is 5.73 Å². The van der Waals surface area contributed by atoms with Crippen LogP contribution >= 0.6 is 11.3 Å². The Morgan fingerprint density at radius 2 is 1.83 bits per heavy atom. The van der Waals surface area contributed by atoms with E-state index in [-0.39, 0.29) is 23.2 Å². The van der Waals surface area contributed by atoms with Gasteiger partial charge in [-0.1, -0.05) is 38.1 Å². The molecule has 0 aliphatic heterocycles. The minimum atomic E-state index is -2.96. The fraction of sp³-hybridized carbons (Fsp3) is 0.353. The summed E-state index contributed by atoms with van der Waals surface area (Å²) < 4.78 is 28.9. The van der Waals surface area contributed by atoms with Crippen molar-refractivity contribution in [1.29, 1.82) is 0 Å². The summed E-state index contributed by atoms with van der Waals surface area (Å²) >= 11 is 1.04. The largest absolute Gasteiger partial charge is 0.433 e. The van der Waals surface area contributed by atoms with E-state index in [1.54, 1.807) is 0 Å². The van der Waals surface area contributed by atoms with Crippen molar-refractivity contribution in [3.8, 4) is 5.75 Å². The van der Waals surface area contributed by atoms with Crippen molar-refractivity contribution in [3.05, 3.63) is 51.7 Å². The molecule has 2 rings (SSSR count). The molecule has 3 N–H and O–H groups in total. The zero-order valence-electron chi connectivity index (χ0n) is 13.5. The lowest BCUT2D eigenvalue weighted by atomic mass is 9.99. The van der Waals surface area contributed by atoms with E-state index < -0.39 is 12.5 Å². The lowest BCUT2D eigenvalue weighted by Crippen LogP contribution is -2.31. The second-order valence-electron chi connectivity index (χ2n) is 5.63. The highest BCUT2D eigenvalue weighted by atomic mass is 32.1. The quantitative estimate of drug-likeness (QED) is 0.792. The second kappa shape index (κ2) is 8.21. The number of thiophene rings is 1. The smallest absolute Gasteiger partial charge is 0.387 e. The predicted molar refractivity (Wildman–Crippen MR) is 90.7 cm³/mol. The highest BCUT2D eigenvalue weighted by Crippen LogP contribution is 2.26. The fourth-order valence-electron chi connectivity index (χ4n) is 2.18. The van der Waals surface area contributed by atoms with Gasteiger partial charge in [-0.3, -0.25) is 4.79 Å². The number of rotatable bonds is 7. The maximum atomic E-state index is 12.3. The van der Waals surface area contributed by atoms with Crippen LogP contribution in [0.3, 0.4) is 0 Å². The number of nitrogens with two attached hydrogens (primary N) is 1. The first kappa shape index (κ1) is 18.4. The fourth-order valence-corrected chi connectivity index (χ4v) is 2.92. The van der Waals surface area contributed by atoms with Crippen molar-refractivity contribution >= 4 is 17.2 Å². The Hall–Kier alpha value is -1.99. The first-order valence-corrected chi connectivity index (χ1v) is 8.42. The zero-order valence-corrected chi connectivity index (χ0v) is 14.3. The van der Waals surface area contributed by atoms with Gasteiger partial charge in [0.2, 0.25) is 0 Å². The normalized spacial score (nSPS) is 12.5. The summed E-state index contributed by atoms with van der Waals surface area (Å²) in [5.74, 6) is -0.167.